The minimum atomic E-state index is -1.21. The lowest BCUT2D eigenvalue weighted by atomic mass is 9.90. The van der Waals surface area contributed by atoms with Crippen molar-refractivity contribution in [2.24, 2.45) is 0 Å². The van der Waals surface area contributed by atoms with Crippen LogP contribution in [-0.2, 0) is 16.9 Å². The molecule has 1 aliphatic heterocycles. The molecule has 172 valence electrons. The summed E-state index contributed by atoms with van der Waals surface area (Å²) in [6.07, 6.45) is 0. The number of rotatable bonds is 6. The number of urea groups is 1. The van der Waals surface area contributed by atoms with Crippen molar-refractivity contribution in [3.8, 4) is 22.9 Å². The predicted octanol–water partition coefficient (Wildman–Crippen LogP) is 3.87. The van der Waals surface area contributed by atoms with Crippen LogP contribution in [0, 0.1) is 0 Å². The van der Waals surface area contributed by atoms with E-state index < -0.39 is 17.5 Å². The van der Waals surface area contributed by atoms with Crippen LogP contribution >= 0.6 is 0 Å². The average Bonchev–Trinajstić information content (AvgIpc) is 3.42. The Morgan fingerprint density at radius 3 is 2.56 bits per heavy atom. The molecule has 1 N–H and O–H groups in total. The first kappa shape index (κ1) is 21.4. The Labute approximate surface area is 195 Å². The second kappa shape index (κ2) is 8.18. The van der Waals surface area contributed by atoms with E-state index in [1.807, 2.05) is 42.5 Å². The molecule has 0 spiro atoms. The lowest BCUT2D eigenvalue weighted by molar-refractivity contribution is -0.131. The van der Waals surface area contributed by atoms with Crippen LogP contribution < -0.4 is 14.8 Å². The highest BCUT2D eigenvalue weighted by Crippen LogP contribution is 2.33. The SMILES string of the molecule is COc1ccc(-c2noc(CN3C(=O)NC(C)(c4ccc5ccccc5c4)C3=O)n2)c(OC)c1. The molecule has 5 rings (SSSR count). The van der Waals surface area contributed by atoms with Gasteiger partial charge in [-0.15, -0.1) is 0 Å². The summed E-state index contributed by atoms with van der Waals surface area (Å²) in [5.41, 5.74) is 0.0844. The molecular weight excluding hydrogens is 436 g/mol. The van der Waals surface area contributed by atoms with E-state index in [4.69, 9.17) is 14.0 Å². The summed E-state index contributed by atoms with van der Waals surface area (Å²) in [6, 6.07) is 18.2. The van der Waals surface area contributed by atoms with E-state index in [2.05, 4.69) is 15.5 Å². The summed E-state index contributed by atoms with van der Waals surface area (Å²) in [6.45, 7) is 1.54. The van der Waals surface area contributed by atoms with Gasteiger partial charge in [0.1, 0.15) is 23.6 Å². The van der Waals surface area contributed by atoms with Crippen molar-refractivity contribution in [3.05, 3.63) is 72.1 Å². The fourth-order valence-electron chi connectivity index (χ4n) is 4.08. The van der Waals surface area contributed by atoms with Crippen LogP contribution in [0.1, 0.15) is 18.4 Å². The van der Waals surface area contributed by atoms with Crippen LogP contribution in [0.3, 0.4) is 0 Å². The van der Waals surface area contributed by atoms with Gasteiger partial charge >= 0.3 is 6.03 Å². The fraction of sp³-hybridized carbons (Fsp3) is 0.200. The number of nitrogens with one attached hydrogen (secondary N) is 1. The normalized spacial score (nSPS) is 17.8. The number of methoxy groups -OCH3 is 2. The van der Waals surface area contributed by atoms with Crippen molar-refractivity contribution in [3.63, 3.8) is 0 Å². The lowest BCUT2D eigenvalue weighted by Gasteiger charge is -2.22. The molecule has 0 aliphatic carbocycles. The maximum absolute atomic E-state index is 13.3. The molecule has 9 nitrogen and oxygen atoms in total. The molecule has 1 unspecified atom stereocenters. The molecule has 34 heavy (non-hydrogen) atoms. The molecular formula is C25H22N4O5. The lowest BCUT2D eigenvalue weighted by Crippen LogP contribution is -2.40. The van der Waals surface area contributed by atoms with Crippen LogP contribution in [-0.4, -0.2) is 41.2 Å². The number of aromatic nitrogens is 2. The van der Waals surface area contributed by atoms with Crippen LogP contribution in [0.15, 0.2) is 65.2 Å². The van der Waals surface area contributed by atoms with Gasteiger partial charge in [-0.3, -0.25) is 9.69 Å². The van der Waals surface area contributed by atoms with Crippen molar-refractivity contribution >= 4 is 22.7 Å². The zero-order valence-corrected chi connectivity index (χ0v) is 18.9. The first-order valence-corrected chi connectivity index (χ1v) is 10.6. The number of nitrogens with zero attached hydrogens (tertiary/aromatic N) is 3. The zero-order chi connectivity index (χ0) is 23.9. The largest absolute Gasteiger partial charge is 0.497 e. The molecule has 9 heteroatoms. The van der Waals surface area contributed by atoms with Gasteiger partial charge in [-0.05, 0) is 41.5 Å². The molecule has 0 saturated carbocycles. The van der Waals surface area contributed by atoms with Crippen molar-refractivity contribution < 1.29 is 23.6 Å². The molecule has 1 aromatic heterocycles. The number of carbonyl (C=O) groups is 2. The Bertz CT molecular complexity index is 1420. The van der Waals surface area contributed by atoms with Crippen LogP contribution in [0.4, 0.5) is 4.79 Å². The third kappa shape index (κ3) is 3.51. The standard InChI is InChI=1S/C25H22N4O5/c1-25(17-9-8-15-6-4-5-7-16(15)12-17)23(30)29(24(31)27-25)14-21-26-22(28-34-21)19-11-10-18(32-2)13-20(19)33-3/h4-13H,14H2,1-3H3,(H,27,31). The monoisotopic (exact) mass is 458 g/mol. The minimum Gasteiger partial charge on any atom is -0.497 e. The van der Waals surface area contributed by atoms with E-state index >= 15 is 0 Å². The number of imide groups is 1. The van der Waals surface area contributed by atoms with Gasteiger partial charge in [0.15, 0.2) is 0 Å². The fourth-order valence-corrected chi connectivity index (χ4v) is 4.08. The quantitative estimate of drug-likeness (QED) is 0.437. The van der Waals surface area contributed by atoms with Crippen LogP contribution in [0.5, 0.6) is 11.5 Å². The Hall–Kier alpha value is -4.40. The average molecular weight is 458 g/mol. The number of ether oxygens (including phenoxy) is 2. The Morgan fingerprint density at radius 2 is 1.79 bits per heavy atom. The van der Waals surface area contributed by atoms with Gasteiger partial charge in [-0.2, -0.15) is 4.98 Å². The Morgan fingerprint density at radius 1 is 1.00 bits per heavy atom. The molecule has 1 saturated heterocycles. The maximum atomic E-state index is 13.3. The molecule has 3 amide bonds. The summed E-state index contributed by atoms with van der Waals surface area (Å²) in [5, 5.41) is 8.84. The summed E-state index contributed by atoms with van der Waals surface area (Å²) in [4.78, 5) is 31.6. The van der Waals surface area contributed by atoms with Gasteiger partial charge in [0, 0.05) is 6.07 Å². The van der Waals surface area contributed by atoms with E-state index in [-0.39, 0.29) is 18.3 Å². The number of hydrogen-bond donors (Lipinski definition) is 1. The summed E-state index contributed by atoms with van der Waals surface area (Å²) in [7, 11) is 3.09. The number of amides is 3. The molecule has 0 bridgehead atoms. The molecule has 1 aliphatic rings. The summed E-state index contributed by atoms with van der Waals surface area (Å²) >= 11 is 0. The van der Waals surface area contributed by atoms with Crippen LogP contribution in [0.2, 0.25) is 0 Å². The van der Waals surface area contributed by atoms with E-state index in [0.717, 1.165) is 15.7 Å². The third-order valence-corrected chi connectivity index (χ3v) is 6.01. The predicted molar refractivity (Wildman–Crippen MR) is 123 cm³/mol. The van der Waals surface area contributed by atoms with Crippen molar-refractivity contribution in [2.45, 2.75) is 19.0 Å². The first-order chi connectivity index (χ1) is 16.4. The van der Waals surface area contributed by atoms with E-state index in [9.17, 15) is 9.59 Å². The molecule has 2 heterocycles. The Balaban J connectivity index is 1.40. The molecule has 3 aromatic carbocycles. The zero-order valence-electron chi connectivity index (χ0n) is 18.9. The van der Waals surface area contributed by atoms with Gasteiger partial charge in [0.25, 0.3) is 5.91 Å². The van der Waals surface area contributed by atoms with Crippen LogP contribution in [0.25, 0.3) is 22.2 Å². The number of fused-ring (bicyclic) bond motifs is 1. The van der Waals surface area contributed by atoms with Gasteiger partial charge in [0.2, 0.25) is 11.7 Å². The van der Waals surface area contributed by atoms with Crippen molar-refractivity contribution in [2.75, 3.05) is 14.2 Å². The van der Waals surface area contributed by atoms with E-state index in [0.29, 0.717) is 22.6 Å². The smallest absolute Gasteiger partial charge is 0.325 e. The second-order valence-electron chi connectivity index (χ2n) is 8.09. The van der Waals surface area contributed by atoms with Gasteiger partial charge in [0.05, 0.1) is 19.8 Å². The topological polar surface area (TPSA) is 107 Å². The highest BCUT2D eigenvalue weighted by atomic mass is 16.5. The maximum Gasteiger partial charge on any atom is 0.325 e. The summed E-state index contributed by atoms with van der Waals surface area (Å²) < 4.78 is 16.0. The number of benzene rings is 3. The second-order valence-corrected chi connectivity index (χ2v) is 8.09. The summed E-state index contributed by atoms with van der Waals surface area (Å²) in [5.74, 6) is 1.13. The molecule has 1 atom stereocenters. The van der Waals surface area contributed by atoms with Crippen molar-refractivity contribution in [1.82, 2.24) is 20.4 Å². The number of hydrogen-bond acceptors (Lipinski definition) is 7. The highest BCUT2D eigenvalue weighted by molar-refractivity contribution is 6.07. The van der Waals surface area contributed by atoms with E-state index in [1.54, 1.807) is 32.2 Å². The highest BCUT2D eigenvalue weighted by Gasteiger charge is 2.49. The number of carbonyl (C=O) groups excluding carboxylic acids is 2. The molecule has 1 fully saturated rings. The van der Waals surface area contributed by atoms with Gasteiger partial charge in [-0.1, -0.05) is 41.6 Å². The van der Waals surface area contributed by atoms with Gasteiger partial charge in [-0.25, -0.2) is 4.79 Å². The van der Waals surface area contributed by atoms with Crippen molar-refractivity contribution in [1.29, 1.82) is 0 Å². The Kier molecular flexibility index (Phi) is 5.16. The van der Waals surface area contributed by atoms with E-state index in [1.165, 1.54) is 7.11 Å². The molecule has 4 aromatic rings. The first-order valence-electron chi connectivity index (χ1n) is 10.6. The van der Waals surface area contributed by atoms with Gasteiger partial charge < -0.3 is 19.3 Å². The third-order valence-electron chi connectivity index (χ3n) is 6.01. The molecule has 0 radical (unpaired) electrons. The minimum absolute atomic E-state index is 0.124.